The van der Waals surface area contributed by atoms with Crippen molar-refractivity contribution in [2.24, 2.45) is 5.73 Å². The van der Waals surface area contributed by atoms with Gasteiger partial charge in [0.05, 0.1) is 0 Å². The minimum atomic E-state index is -0.428. The van der Waals surface area contributed by atoms with E-state index in [-0.39, 0.29) is 11.9 Å². The number of likely N-dealkylation sites (tertiary alicyclic amines) is 1. The topological polar surface area (TPSA) is 58.4 Å². The van der Waals surface area contributed by atoms with Crippen LogP contribution in [0.5, 0.6) is 0 Å². The van der Waals surface area contributed by atoms with Crippen molar-refractivity contribution in [1.29, 1.82) is 0 Å². The summed E-state index contributed by atoms with van der Waals surface area (Å²) in [6.45, 7) is 4.18. The van der Waals surface area contributed by atoms with Gasteiger partial charge in [-0.1, -0.05) is 60.7 Å². The van der Waals surface area contributed by atoms with Crippen LogP contribution in [0.4, 0.5) is 0 Å². The molecule has 1 saturated heterocycles. The van der Waals surface area contributed by atoms with E-state index in [2.05, 4.69) is 41.4 Å². The van der Waals surface area contributed by atoms with Crippen LogP contribution in [0, 0.1) is 0 Å². The Kier molecular flexibility index (Phi) is 5.28. The van der Waals surface area contributed by atoms with Gasteiger partial charge in [-0.2, -0.15) is 0 Å². The lowest BCUT2D eigenvalue weighted by Gasteiger charge is -2.26. The molecule has 3 N–H and O–H groups in total. The Morgan fingerprint density at radius 3 is 2.25 bits per heavy atom. The molecular formula is C20H25N3O. The molecule has 2 aromatic rings. The Bertz CT molecular complexity index is 659. The molecule has 2 aromatic carbocycles. The zero-order valence-corrected chi connectivity index (χ0v) is 14.1. The van der Waals surface area contributed by atoms with Gasteiger partial charge in [0.1, 0.15) is 6.04 Å². The van der Waals surface area contributed by atoms with E-state index in [1.807, 2.05) is 36.4 Å². The molecule has 3 atom stereocenters. The van der Waals surface area contributed by atoms with E-state index in [4.69, 9.17) is 5.73 Å². The highest BCUT2D eigenvalue weighted by molar-refractivity contribution is 5.81. The van der Waals surface area contributed by atoms with Crippen LogP contribution >= 0.6 is 0 Å². The molecule has 0 saturated carbocycles. The van der Waals surface area contributed by atoms with Crippen molar-refractivity contribution < 1.29 is 4.79 Å². The Hall–Kier alpha value is -2.17. The smallest absolute Gasteiger partial charge is 0.239 e. The number of nitrogens with two attached hydrogens (primary N) is 1. The number of nitrogens with one attached hydrogen (secondary N) is 1. The van der Waals surface area contributed by atoms with Gasteiger partial charge in [-0.3, -0.25) is 15.0 Å². The maximum atomic E-state index is 11.9. The molecule has 1 fully saturated rings. The highest BCUT2D eigenvalue weighted by Gasteiger charge is 2.30. The molecule has 1 amide bonds. The van der Waals surface area contributed by atoms with E-state index in [1.165, 1.54) is 5.56 Å². The maximum Gasteiger partial charge on any atom is 0.239 e. The summed E-state index contributed by atoms with van der Waals surface area (Å²) in [7, 11) is 0. The number of hydrogen-bond donors (Lipinski definition) is 2. The molecule has 1 aliphatic rings. The van der Waals surface area contributed by atoms with E-state index >= 15 is 0 Å². The fraction of sp³-hybridized carbons (Fsp3) is 0.350. The summed E-state index contributed by atoms with van der Waals surface area (Å²) >= 11 is 0. The maximum absolute atomic E-state index is 11.9. The van der Waals surface area contributed by atoms with Crippen LogP contribution in [-0.2, 0) is 4.79 Å². The molecule has 24 heavy (non-hydrogen) atoms. The number of carbonyl (C=O) groups is 1. The van der Waals surface area contributed by atoms with E-state index in [1.54, 1.807) is 0 Å². The fourth-order valence-electron chi connectivity index (χ4n) is 3.44. The second-order valence-electron chi connectivity index (χ2n) is 6.48. The second kappa shape index (κ2) is 7.60. The minimum Gasteiger partial charge on any atom is -0.368 e. The highest BCUT2D eigenvalue weighted by Crippen LogP contribution is 2.25. The van der Waals surface area contributed by atoms with Gasteiger partial charge in [-0.05, 0) is 24.5 Å². The first-order valence-electron chi connectivity index (χ1n) is 8.54. The van der Waals surface area contributed by atoms with Crippen LogP contribution in [0.2, 0.25) is 0 Å². The third-order valence-electron chi connectivity index (χ3n) is 4.87. The zero-order valence-electron chi connectivity index (χ0n) is 14.1. The van der Waals surface area contributed by atoms with Crippen LogP contribution in [0.15, 0.2) is 60.7 Å². The van der Waals surface area contributed by atoms with Crippen molar-refractivity contribution in [2.45, 2.75) is 31.5 Å². The molecule has 0 radical (unpaired) electrons. The summed E-state index contributed by atoms with van der Waals surface area (Å²) in [6, 6.07) is 20.5. The van der Waals surface area contributed by atoms with E-state index in [0.717, 1.165) is 25.1 Å². The normalized spacial score (nSPS) is 20.6. The van der Waals surface area contributed by atoms with Crippen molar-refractivity contribution in [3.63, 3.8) is 0 Å². The lowest BCUT2D eigenvalue weighted by molar-refractivity contribution is -0.120. The second-order valence-corrected chi connectivity index (χ2v) is 6.48. The number of rotatable bonds is 6. The van der Waals surface area contributed by atoms with E-state index < -0.39 is 6.04 Å². The SMILES string of the molecule is CC(c1ccccc1)N1CCC(NC(C(N)=O)c2ccccc2)C1. The van der Waals surface area contributed by atoms with Gasteiger partial charge >= 0.3 is 0 Å². The predicted molar refractivity (Wildman–Crippen MR) is 96.3 cm³/mol. The molecule has 126 valence electrons. The first-order valence-corrected chi connectivity index (χ1v) is 8.54. The van der Waals surface area contributed by atoms with Gasteiger partial charge < -0.3 is 5.73 Å². The summed E-state index contributed by atoms with van der Waals surface area (Å²) in [5.74, 6) is -0.323. The van der Waals surface area contributed by atoms with Crippen molar-refractivity contribution in [3.8, 4) is 0 Å². The summed E-state index contributed by atoms with van der Waals surface area (Å²) in [4.78, 5) is 14.3. The zero-order chi connectivity index (χ0) is 16.9. The molecule has 4 nitrogen and oxygen atoms in total. The lowest BCUT2D eigenvalue weighted by Crippen LogP contribution is -2.41. The Labute approximate surface area is 143 Å². The van der Waals surface area contributed by atoms with E-state index in [0.29, 0.717) is 6.04 Å². The molecule has 0 aromatic heterocycles. The average molecular weight is 323 g/mol. The van der Waals surface area contributed by atoms with Crippen LogP contribution in [0.3, 0.4) is 0 Å². The van der Waals surface area contributed by atoms with Crippen LogP contribution in [0.1, 0.15) is 36.6 Å². The van der Waals surface area contributed by atoms with Gasteiger partial charge in [-0.15, -0.1) is 0 Å². The Balaban J connectivity index is 1.64. The predicted octanol–water partition coefficient (Wildman–Crippen LogP) is 2.64. The fourth-order valence-corrected chi connectivity index (χ4v) is 3.44. The molecule has 3 unspecified atom stereocenters. The molecule has 3 rings (SSSR count). The first kappa shape index (κ1) is 16.7. The van der Waals surface area contributed by atoms with Gasteiger partial charge in [0, 0.05) is 25.2 Å². The van der Waals surface area contributed by atoms with Gasteiger partial charge in [0.25, 0.3) is 0 Å². The van der Waals surface area contributed by atoms with Crippen molar-refractivity contribution in [1.82, 2.24) is 10.2 Å². The van der Waals surface area contributed by atoms with Crippen molar-refractivity contribution in [3.05, 3.63) is 71.8 Å². The lowest BCUT2D eigenvalue weighted by atomic mass is 10.0. The molecule has 4 heteroatoms. The summed E-state index contributed by atoms with van der Waals surface area (Å²) in [5.41, 5.74) is 7.87. The molecule has 1 heterocycles. The average Bonchev–Trinajstić information content (AvgIpc) is 3.09. The monoisotopic (exact) mass is 323 g/mol. The summed E-state index contributed by atoms with van der Waals surface area (Å²) in [5, 5.41) is 3.45. The number of nitrogens with zero attached hydrogens (tertiary/aromatic N) is 1. The Morgan fingerprint density at radius 1 is 1.08 bits per heavy atom. The molecule has 0 aliphatic carbocycles. The van der Waals surface area contributed by atoms with E-state index in [9.17, 15) is 4.79 Å². The third-order valence-corrected chi connectivity index (χ3v) is 4.87. The number of primary amides is 1. The first-order chi connectivity index (χ1) is 11.6. The van der Waals surface area contributed by atoms with Gasteiger partial charge in [-0.25, -0.2) is 0 Å². The largest absolute Gasteiger partial charge is 0.368 e. The quantitative estimate of drug-likeness (QED) is 0.859. The third kappa shape index (κ3) is 3.83. The number of amides is 1. The molecule has 0 spiro atoms. The van der Waals surface area contributed by atoms with Crippen LogP contribution in [0.25, 0.3) is 0 Å². The molecule has 1 aliphatic heterocycles. The van der Waals surface area contributed by atoms with Crippen molar-refractivity contribution in [2.75, 3.05) is 13.1 Å². The van der Waals surface area contributed by atoms with Crippen LogP contribution < -0.4 is 11.1 Å². The highest BCUT2D eigenvalue weighted by atomic mass is 16.1. The minimum absolute atomic E-state index is 0.272. The Morgan fingerprint density at radius 2 is 1.67 bits per heavy atom. The number of carbonyl (C=O) groups excluding carboxylic acids is 1. The summed E-state index contributed by atoms with van der Waals surface area (Å²) in [6.07, 6.45) is 1.02. The van der Waals surface area contributed by atoms with Gasteiger partial charge in [0.15, 0.2) is 0 Å². The summed E-state index contributed by atoms with van der Waals surface area (Å²) < 4.78 is 0. The molecular weight excluding hydrogens is 298 g/mol. The molecule has 0 bridgehead atoms. The number of hydrogen-bond acceptors (Lipinski definition) is 3. The standard InChI is InChI=1S/C20H25N3O/c1-15(16-8-4-2-5-9-16)23-13-12-18(14-23)22-19(20(21)24)17-10-6-3-7-11-17/h2-11,15,18-19,22H,12-14H2,1H3,(H2,21,24). The van der Waals surface area contributed by atoms with Gasteiger partial charge in [0.2, 0.25) is 5.91 Å². The van der Waals surface area contributed by atoms with Crippen LogP contribution in [-0.4, -0.2) is 29.9 Å². The van der Waals surface area contributed by atoms with Crippen molar-refractivity contribution >= 4 is 5.91 Å². The number of benzene rings is 2.